The Morgan fingerprint density at radius 3 is 2.46 bits per heavy atom. The Morgan fingerprint density at radius 2 is 1.82 bits per heavy atom. The van der Waals surface area contributed by atoms with Crippen LogP contribution in [-0.4, -0.2) is 27.6 Å². The Labute approximate surface area is 167 Å². The van der Waals surface area contributed by atoms with Crippen LogP contribution in [0.5, 0.6) is 0 Å². The first-order valence-corrected chi connectivity index (χ1v) is 9.12. The van der Waals surface area contributed by atoms with Gasteiger partial charge < -0.3 is 4.90 Å². The summed E-state index contributed by atoms with van der Waals surface area (Å²) in [6.07, 6.45) is 0. The third-order valence-electron chi connectivity index (χ3n) is 4.50. The van der Waals surface area contributed by atoms with Crippen LogP contribution in [-0.2, 0) is 13.1 Å². The largest absolute Gasteiger partial charge is 0.337 e. The van der Waals surface area contributed by atoms with E-state index in [1.165, 1.54) is 18.0 Å². The van der Waals surface area contributed by atoms with Crippen molar-refractivity contribution in [3.8, 4) is 0 Å². The number of carbonyl (C=O) groups excluding carboxylic acids is 1. The molecule has 3 aromatic rings. The molecule has 0 fully saturated rings. The standard InChI is InChI=1S/C21H20ClF2N3O/c1-13-4-6-15(7-5-13)11-27-20(22)19(14(2)25-27)21(28)26(3)12-16-8-9-17(23)10-18(16)24/h4-10H,11-12H2,1-3H3. The van der Waals surface area contributed by atoms with Gasteiger partial charge in [-0.15, -0.1) is 0 Å². The van der Waals surface area contributed by atoms with Crippen LogP contribution in [0.15, 0.2) is 42.5 Å². The van der Waals surface area contributed by atoms with Crippen LogP contribution >= 0.6 is 11.6 Å². The zero-order valence-electron chi connectivity index (χ0n) is 15.8. The van der Waals surface area contributed by atoms with Crippen molar-refractivity contribution in [3.05, 3.63) is 87.2 Å². The number of hydrogen-bond donors (Lipinski definition) is 0. The highest BCUT2D eigenvalue weighted by molar-refractivity contribution is 6.33. The van der Waals surface area contributed by atoms with Crippen LogP contribution in [0.1, 0.15) is 32.7 Å². The lowest BCUT2D eigenvalue weighted by molar-refractivity contribution is 0.0783. The van der Waals surface area contributed by atoms with Crippen LogP contribution in [0.4, 0.5) is 8.78 Å². The highest BCUT2D eigenvalue weighted by atomic mass is 35.5. The molecule has 146 valence electrons. The van der Waals surface area contributed by atoms with E-state index in [9.17, 15) is 13.6 Å². The molecule has 0 aliphatic rings. The molecule has 0 unspecified atom stereocenters. The molecule has 0 bridgehead atoms. The van der Waals surface area contributed by atoms with Crippen molar-refractivity contribution in [1.29, 1.82) is 0 Å². The Morgan fingerprint density at radius 1 is 1.14 bits per heavy atom. The summed E-state index contributed by atoms with van der Waals surface area (Å²) in [5, 5.41) is 4.61. The number of hydrogen-bond acceptors (Lipinski definition) is 2. The number of aryl methyl sites for hydroxylation is 2. The number of benzene rings is 2. The summed E-state index contributed by atoms with van der Waals surface area (Å²) >= 11 is 6.43. The summed E-state index contributed by atoms with van der Waals surface area (Å²) in [5.41, 5.74) is 3.15. The van der Waals surface area contributed by atoms with Crippen molar-refractivity contribution in [2.75, 3.05) is 7.05 Å². The second kappa shape index (κ2) is 8.10. The van der Waals surface area contributed by atoms with Crippen molar-refractivity contribution >= 4 is 17.5 Å². The number of rotatable bonds is 5. The minimum absolute atomic E-state index is 0.0101. The minimum atomic E-state index is -0.697. The average molecular weight is 404 g/mol. The number of amides is 1. The van der Waals surface area contributed by atoms with E-state index in [-0.39, 0.29) is 28.7 Å². The molecule has 1 heterocycles. The van der Waals surface area contributed by atoms with Crippen LogP contribution in [0.2, 0.25) is 5.15 Å². The van der Waals surface area contributed by atoms with Crippen molar-refractivity contribution in [1.82, 2.24) is 14.7 Å². The Balaban J connectivity index is 1.81. The molecule has 28 heavy (non-hydrogen) atoms. The van der Waals surface area contributed by atoms with Gasteiger partial charge in [-0.25, -0.2) is 13.5 Å². The van der Waals surface area contributed by atoms with Gasteiger partial charge in [0.05, 0.1) is 17.8 Å². The third-order valence-corrected chi connectivity index (χ3v) is 4.89. The fourth-order valence-corrected chi connectivity index (χ4v) is 3.25. The summed E-state index contributed by atoms with van der Waals surface area (Å²) < 4.78 is 28.5. The molecule has 1 amide bonds. The van der Waals surface area contributed by atoms with Gasteiger partial charge in [-0.3, -0.25) is 4.79 Å². The monoisotopic (exact) mass is 403 g/mol. The molecule has 0 spiro atoms. The molecule has 3 rings (SSSR count). The summed E-state index contributed by atoms with van der Waals surface area (Å²) in [6.45, 7) is 4.13. The maximum atomic E-state index is 13.9. The van der Waals surface area contributed by atoms with E-state index < -0.39 is 11.6 Å². The topological polar surface area (TPSA) is 38.1 Å². The molecule has 0 N–H and O–H groups in total. The average Bonchev–Trinajstić information content (AvgIpc) is 2.92. The molecule has 0 saturated heterocycles. The van der Waals surface area contributed by atoms with Crippen molar-refractivity contribution in [2.24, 2.45) is 0 Å². The van der Waals surface area contributed by atoms with Gasteiger partial charge in [0, 0.05) is 25.2 Å². The van der Waals surface area contributed by atoms with Gasteiger partial charge in [0.25, 0.3) is 5.91 Å². The number of carbonyl (C=O) groups is 1. The predicted octanol–water partition coefficient (Wildman–Crippen LogP) is 4.75. The zero-order chi connectivity index (χ0) is 20.4. The number of aromatic nitrogens is 2. The lowest BCUT2D eigenvalue weighted by Crippen LogP contribution is -2.27. The maximum absolute atomic E-state index is 13.9. The molecule has 0 saturated carbocycles. The normalized spacial score (nSPS) is 10.9. The van der Waals surface area contributed by atoms with E-state index in [2.05, 4.69) is 5.10 Å². The van der Waals surface area contributed by atoms with Gasteiger partial charge in [0.1, 0.15) is 16.8 Å². The van der Waals surface area contributed by atoms with Gasteiger partial charge in [-0.1, -0.05) is 47.5 Å². The van der Waals surface area contributed by atoms with E-state index in [1.54, 1.807) is 11.6 Å². The van der Waals surface area contributed by atoms with Gasteiger partial charge in [-0.05, 0) is 25.5 Å². The van der Waals surface area contributed by atoms with Crippen molar-refractivity contribution < 1.29 is 13.6 Å². The van der Waals surface area contributed by atoms with E-state index in [0.29, 0.717) is 12.2 Å². The first-order chi connectivity index (χ1) is 13.3. The Bertz CT molecular complexity index is 1020. The third kappa shape index (κ3) is 4.22. The summed E-state index contributed by atoms with van der Waals surface area (Å²) in [6, 6.07) is 11.2. The molecular weight excluding hydrogens is 384 g/mol. The molecule has 2 aromatic carbocycles. The molecule has 0 aliphatic carbocycles. The second-order valence-electron chi connectivity index (χ2n) is 6.79. The molecule has 0 aliphatic heterocycles. The number of halogens is 3. The van der Waals surface area contributed by atoms with Gasteiger partial charge in [-0.2, -0.15) is 5.10 Å². The first kappa shape index (κ1) is 20.0. The zero-order valence-corrected chi connectivity index (χ0v) is 16.6. The lowest BCUT2D eigenvalue weighted by Gasteiger charge is -2.17. The van der Waals surface area contributed by atoms with Crippen molar-refractivity contribution in [3.63, 3.8) is 0 Å². The van der Waals surface area contributed by atoms with Crippen LogP contribution in [0.25, 0.3) is 0 Å². The van der Waals surface area contributed by atoms with Crippen LogP contribution in [0.3, 0.4) is 0 Å². The Hall–Kier alpha value is -2.73. The maximum Gasteiger partial charge on any atom is 0.258 e. The summed E-state index contributed by atoms with van der Waals surface area (Å²) in [7, 11) is 1.54. The van der Waals surface area contributed by atoms with E-state index >= 15 is 0 Å². The lowest BCUT2D eigenvalue weighted by atomic mass is 10.1. The smallest absolute Gasteiger partial charge is 0.258 e. The predicted molar refractivity (Wildman–Crippen MR) is 104 cm³/mol. The van der Waals surface area contributed by atoms with E-state index in [4.69, 9.17) is 11.6 Å². The highest BCUT2D eigenvalue weighted by Crippen LogP contribution is 2.23. The van der Waals surface area contributed by atoms with Gasteiger partial charge in [0.15, 0.2) is 0 Å². The van der Waals surface area contributed by atoms with Crippen molar-refractivity contribution in [2.45, 2.75) is 26.9 Å². The molecule has 0 radical (unpaired) electrons. The van der Waals surface area contributed by atoms with Crippen LogP contribution in [0, 0.1) is 25.5 Å². The fourth-order valence-electron chi connectivity index (χ4n) is 2.94. The molecule has 4 nitrogen and oxygen atoms in total. The van der Waals surface area contributed by atoms with E-state index in [0.717, 1.165) is 23.3 Å². The summed E-state index contributed by atoms with van der Waals surface area (Å²) in [4.78, 5) is 14.2. The highest BCUT2D eigenvalue weighted by Gasteiger charge is 2.24. The van der Waals surface area contributed by atoms with E-state index in [1.807, 2.05) is 31.2 Å². The Kier molecular flexibility index (Phi) is 5.79. The molecular formula is C21H20ClF2N3O. The first-order valence-electron chi connectivity index (χ1n) is 8.74. The molecule has 0 atom stereocenters. The second-order valence-corrected chi connectivity index (χ2v) is 7.15. The van der Waals surface area contributed by atoms with Gasteiger partial charge in [0.2, 0.25) is 0 Å². The fraction of sp³-hybridized carbons (Fsp3) is 0.238. The molecule has 1 aromatic heterocycles. The quantitative estimate of drug-likeness (QED) is 0.616. The number of nitrogens with zero attached hydrogens (tertiary/aromatic N) is 3. The SMILES string of the molecule is Cc1ccc(Cn2nc(C)c(C(=O)N(C)Cc3ccc(F)cc3F)c2Cl)cc1. The summed E-state index contributed by atoms with van der Waals surface area (Å²) in [5.74, 6) is -1.73. The minimum Gasteiger partial charge on any atom is -0.337 e. The van der Waals surface area contributed by atoms with Crippen LogP contribution < -0.4 is 0 Å². The van der Waals surface area contributed by atoms with Gasteiger partial charge >= 0.3 is 0 Å². The molecule has 7 heteroatoms.